The fourth-order valence-electron chi connectivity index (χ4n) is 1.74. The maximum atomic E-state index is 6.18. The molecule has 2 heterocycles. The van der Waals surface area contributed by atoms with E-state index >= 15 is 0 Å². The van der Waals surface area contributed by atoms with E-state index in [9.17, 15) is 0 Å². The predicted octanol–water partition coefficient (Wildman–Crippen LogP) is 4.57. The summed E-state index contributed by atoms with van der Waals surface area (Å²) in [6, 6.07) is 1.69. The molecule has 2 aromatic rings. The van der Waals surface area contributed by atoms with Gasteiger partial charge in [0.15, 0.2) is 0 Å². The van der Waals surface area contributed by atoms with Crippen LogP contribution in [-0.4, -0.2) is 16.5 Å². The Morgan fingerprint density at radius 3 is 2.75 bits per heavy atom. The monoisotopic (exact) mass is 329 g/mol. The summed E-state index contributed by atoms with van der Waals surface area (Å²) in [6.07, 6.45) is 1.59. The van der Waals surface area contributed by atoms with E-state index in [1.165, 1.54) is 4.88 Å². The summed E-state index contributed by atoms with van der Waals surface area (Å²) in [4.78, 5) is 10.0. The van der Waals surface area contributed by atoms with Crippen molar-refractivity contribution >= 4 is 34.5 Å². The van der Waals surface area contributed by atoms with Gasteiger partial charge in [0, 0.05) is 17.6 Å². The molecule has 3 nitrogen and oxygen atoms in total. The van der Waals surface area contributed by atoms with Crippen LogP contribution in [0.1, 0.15) is 24.4 Å². The molecule has 2 rings (SSSR count). The zero-order valence-electron chi connectivity index (χ0n) is 11.7. The molecular weight excluding hydrogens is 313 g/mol. The maximum absolute atomic E-state index is 6.18. The molecule has 0 aliphatic rings. The van der Waals surface area contributed by atoms with Gasteiger partial charge in [0.1, 0.15) is 10.7 Å². The van der Waals surface area contributed by atoms with Gasteiger partial charge in [0.25, 0.3) is 0 Å². The lowest BCUT2D eigenvalue weighted by Crippen LogP contribution is -2.18. The average Bonchev–Trinajstić information content (AvgIpc) is 2.70. The van der Waals surface area contributed by atoms with Gasteiger partial charge in [0.2, 0.25) is 0 Å². The first-order valence-corrected chi connectivity index (χ1v) is 8.03. The number of aromatic nitrogens is 2. The number of hydrogen-bond donors (Lipinski definition) is 1. The predicted molar refractivity (Wildman–Crippen MR) is 86.6 cm³/mol. The fraction of sp³-hybridized carbons (Fsp3) is 0.429. The van der Waals surface area contributed by atoms with Crippen molar-refractivity contribution in [2.45, 2.75) is 27.3 Å². The summed E-state index contributed by atoms with van der Waals surface area (Å²) < 4.78 is 0. The summed E-state index contributed by atoms with van der Waals surface area (Å²) in [6.45, 7) is 8.21. The number of aryl methyl sites for hydroxylation is 1. The van der Waals surface area contributed by atoms with Crippen molar-refractivity contribution in [2.24, 2.45) is 5.92 Å². The number of hydrogen-bond acceptors (Lipinski definition) is 4. The van der Waals surface area contributed by atoms with Crippen LogP contribution < -0.4 is 5.32 Å². The summed E-state index contributed by atoms with van der Waals surface area (Å²) in [5.41, 5.74) is 1.72. The topological polar surface area (TPSA) is 37.8 Å². The molecule has 20 heavy (non-hydrogen) atoms. The molecule has 0 atom stereocenters. The Balaban J connectivity index is 2.18. The quantitative estimate of drug-likeness (QED) is 0.873. The SMILES string of the molecule is Cc1nc(-c2ncc(Cl)cc2Cl)sc1CNCC(C)C. The summed E-state index contributed by atoms with van der Waals surface area (Å²) in [5, 5.41) is 5.33. The third-order valence-corrected chi connectivity index (χ3v) is 4.40. The first-order valence-electron chi connectivity index (χ1n) is 6.45. The van der Waals surface area contributed by atoms with Crippen molar-refractivity contribution < 1.29 is 0 Å². The molecule has 0 unspecified atom stereocenters. The summed E-state index contributed by atoms with van der Waals surface area (Å²) >= 11 is 13.7. The Labute approximate surface area is 133 Å². The van der Waals surface area contributed by atoms with Crippen molar-refractivity contribution in [1.29, 1.82) is 0 Å². The van der Waals surface area contributed by atoms with Crippen LogP contribution in [0.4, 0.5) is 0 Å². The molecule has 0 radical (unpaired) electrons. The molecule has 0 aliphatic carbocycles. The Bertz CT molecular complexity index is 596. The highest BCUT2D eigenvalue weighted by atomic mass is 35.5. The second-order valence-corrected chi connectivity index (χ2v) is 6.96. The smallest absolute Gasteiger partial charge is 0.143 e. The second kappa shape index (κ2) is 6.85. The van der Waals surface area contributed by atoms with Crippen LogP contribution in [-0.2, 0) is 6.54 Å². The van der Waals surface area contributed by atoms with Gasteiger partial charge in [-0.15, -0.1) is 11.3 Å². The summed E-state index contributed by atoms with van der Waals surface area (Å²) in [5.74, 6) is 0.634. The minimum Gasteiger partial charge on any atom is -0.312 e. The molecule has 0 fully saturated rings. The standard InChI is InChI=1S/C14H17Cl2N3S/c1-8(2)5-17-7-12-9(3)19-14(20-12)13-11(16)4-10(15)6-18-13/h4,6,8,17H,5,7H2,1-3H3. The largest absolute Gasteiger partial charge is 0.312 e. The first kappa shape index (κ1) is 15.7. The molecule has 6 heteroatoms. The van der Waals surface area contributed by atoms with Crippen LogP contribution in [0.2, 0.25) is 10.0 Å². The third-order valence-electron chi connectivity index (χ3n) is 2.74. The molecule has 0 aliphatic heterocycles. The highest BCUT2D eigenvalue weighted by Crippen LogP contribution is 2.32. The molecule has 0 amide bonds. The third kappa shape index (κ3) is 3.92. The van der Waals surface area contributed by atoms with E-state index < -0.39 is 0 Å². The molecule has 0 saturated carbocycles. The van der Waals surface area contributed by atoms with Gasteiger partial charge in [-0.3, -0.25) is 4.98 Å². The molecule has 0 bridgehead atoms. The normalized spacial score (nSPS) is 11.3. The zero-order chi connectivity index (χ0) is 14.7. The molecular formula is C14H17Cl2N3S. The number of thiazole rings is 1. The van der Waals surface area contributed by atoms with E-state index in [1.807, 2.05) is 6.92 Å². The van der Waals surface area contributed by atoms with Gasteiger partial charge in [0.05, 0.1) is 15.7 Å². The number of nitrogens with one attached hydrogen (secondary N) is 1. The molecule has 0 spiro atoms. The molecule has 0 aromatic carbocycles. The van der Waals surface area contributed by atoms with Crippen molar-refractivity contribution in [3.05, 3.63) is 32.9 Å². The highest BCUT2D eigenvalue weighted by molar-refractivity contribution is 7.15. The minimum atomic E-state index is 0.533. The average molecular weight is 330 g/mol. The van der Waals surface area contributed by atoms with Gasteiger partial charge < -0.3 is 5.32 Å². The lowest BCUT2D eigenvalue weighted by molar-refractivity contribution is 0.554. The van der Waals surface area contributed by atoms with Gasteiger partial charge in [-0.1, -0.05) is 37.0 Å². The van der Waals surface area contributed by atoms with Gasteiger partial charge in [-0.2, -0.15) is 0 Å². The van der Waals surface area contributed by atoms with E-state index in [2.05, 4.69) is 29.1 Å². The van der Waals surface area contributed by atoms with Crippen molar-refractivity contribution in [2.75, 3.05) is 6.54 Å². The van der Waals surface area contributed by atoms with Crippen LogP contribution in [0.5, 0.6) is 0 Å². The molecule has 1 N–H and O–H groups in total. The highest BCUT2D eigenvalue weighted by Gasteiger charge is 2.13. The minimum absolute atomic E-state index is 0.533. The number of rotatable bonds is 5. The van der Waals surface area contributed by atoms with Gasteiger partial charge in [-0.25, -0.2) is 4.98 Å². The van der Waals surface area contributed by atoms with Crippen LogP contribution >= 0.6 is 34.5 Å². The Kier molecular flexibility index (Phi) is 5.38. The van der Waals surface area contributed by atoms with E-state index in [-0.39, 0.29) is 0 Å². The van der Waals surface area contributed by atoms with E-state index in [0.29, 0.717) is 21.7 Å². The van der Waals surface area contributed by atoms with Crippen molar-refractivity contribution in [3.63, 3.8) is 0 Å². The fourth-order valence-corrected chi connectivity index (χ4v) is 3.31. The van der Waals surface area contributed by atoms with Crippen molar-refractivity contribution in [1.82, 2.24) is 15.3 Å². The second-order valence-electron chi connectivity index (χ2n) is 5.04. The summed E-state index contributed by atoms with van der Waals surface area (Å²) in [7, 11) is 0. The Hall–Kier alpha value is -0.680. The Morgan fingerprint density at radius 1 is 1.35 bits per heavy atom. The van der Waals surface area contributed by atoms with Gasteiger partial charge >= 0.3 is 0 Å². The number of nitrogens with zero attached hydrogens (tertiary/aromatic N) is 2. The molecule has 2 aromatic heterocycles. The molecule has 0 saturated heterocycles. The lowest BCUT2D eigenvalue weighted by atomic mass is 10.2. The van der Waals surface area contributed by atoms with Crippen LogP contribution in [0.3, 0.4) is 0 Å². The van der Waals surface area contributed by atoms with E-state index in [1.54, 1.807) is 23.6 Å². The number of pyridine rings is 1. The molecule has 108 valence electrons. The van der Waals surface area contributed by atoms with Crippen LogP contribution in [0.15, 0.2) is 12.3 Å². The van der Waals surface area contributed by atoms with Crippen LogP contribution in [0, 0.1) is 12.8 Å². The first-order chi connectivity index (χ1) is 9.47. The maximum Gasteiger partial charge on any atom is 0.143 e. The lowest BCUT2D eigenvalue weighted by Gasteiger charge is -2.05. The Morgan fingerprint density at radius 2 is 2.10 bits per heavy atom. The van der Waals surface area contributed by atoms with Crippen molar-refractivity contribution in [3.8, 4) is 10.7 Å². The van der Waals surface area contributed by atoms with Crippen LogP contribution in [0.25, 0.3) is 10.7 Å². The van der Waals surface area contributed by atoms with E-state index in [4.69, 9.17) is 23.2 Å². The zero-order valence-corrected chi connectivity index (χ0v) is 14.0. The van der Waals surface area contributed by atoms with E-state index in [0.717, 1.165) is 23.8 Å². The number of halogens is 2. The van der Waals surface area contributed by atoms with Gasteiger partial charge in [-0.05, 0) is 25.5 Å².